The van der Waals surface area contributed by atoms with Crippen LogP contribution in [0.25, 0.3) is 0 Å². The van der Waals surface area contributed by atoms with E-state index in [1.54, 1.807) is 31.2 Å². The van der Waals surface area contributed by atoms with Crippen molar-refractivity contribution in [1.29, 1.82) is 0 Å². The zero-order chi connectivity index (χ0) is 14.5. The Kier molecular flexibility index (Phi) is 5.58. The maximum atomic E-state index is 12.2. The fourth-order valence-electron chi connectivity index (χ4n) is 1.58. The zero-order valence-corrected chi connectivity index (χ0v) is 12.6. The number of carbonyl (C=O) groups excluding carboxylic acids is 1. The smallest absolute Gasteiger partial charge is 0.340 e. The summed E-state index contributed by atoms with van der Waals surface area (Å²) in [5.41, 5.74) is 0. The molecular weight excluding hydrogens is 263 g/mol. The van der Waals surface area contributed by atoms with E-state index in [0.29, 0.717) is 5.75 Å². The van der Waals surface area contributed by atoms with Crippen molar-refractivity contribution < 1.29 is 13.9 Å². The molecule has 1 aromatic carbocycles. The summed E-state index contributed by atoms with van der Waals surface area (Å²) in [6.07, 6.45) is 0. The molecule has 5 nitrogen and oxygen atoms in total. The van der Waals surface area contributed by atoms with Crippen molar-refractivity contribution in [3.05, 3.63) is 30.3 Å². The molecule has 0 saturated heterocycles. The third kappa shape index (κ3) is 5.90. The second-order valence-electron chi connectivity index (χ2n) is 4.77. The molecule has 0 aliphatic heterocycles. The third-order valence-corrected chi connectivity index (χ3v) is 3.50. The Bertz CT molecular complexity index is 462. The highest BCUT2D eigenvalue weighted by Gasteiger charge is 2.24. The standard InChI is InChI=1S/C13H21N2O3P/c1-10(2)14-11(3)13(16)15-19(4,17)18-12-8-6-5-7-9-12/h5-11,14H,1-4H3,(H,15,16,17)/t11?,19-/m0/s1. The average molecular weight is 284 g/mol. The molecule has 106 valence electrons. The molecule has 0 aliphatic carbocycles. The summed E-state index contributed by atoms with van der Waals surface area (Å²) in [6.45, 7) is 6.99. The maximum Gasteiger partial charge on any atom is 0.340 e. The van der Waals surface area contributed by atoms with Crippen molar-refractivity contribution in [2.75, 3.05) is 6.66 Å². The molecule has 2 atom stereocenters. The van der Waals surface area contributed by atoms with Crippen molar-refractivity contribution in [3.8, 4) is 5.75 Å². The van der Waals surface area contributed by atoms with E-state index in [2.05, 4.69) is 10.4 Å². The molecule has 1 unspecified atom stereocenters. The van der Waals surface area contributed by atoms with Crippen LogP contribution in [-0.4, -0.2) is 24.7 Å². The van der Waals surface area contributed by atoms with E-state index in [0.717, 1.165) is 0 Å². The van der Waals surface area contributed by atoms with E-state index < -0.39 is 13.6 Å². The summed E-state index contributed by atoms with van der Waals surface area (Å²) in [5.74, 6) is 0.133. The molecule has 0 aromatic heterocycles. The van der Waals surface area contributed by atoms with Crippen molar-refractivity contribution in [1.82, 2.24) is 10.4 Å². The van der Waals surface area contributed by atoms with Gasteiger partial charge in [0.05, 0.1) is 6.04 Å². The summed E-state index contributed by atoms with van der Waals surface area (Å²) in [6, 6.07) is 8.52. The monoisotopic (exact) mass is 284 g/mol. The second kappa shape index (κ2) is 6.73. The summed E-state index contributed by atoms with van der Waals surface area (Å²) in [5, 5.41) is 5.48. The molecule has 0 fully saturated rings. The van der Waals surface area contributed by atoms with Crippen molar-refractivity contribution in [3.63, 3.8) is 0 Å². The highest BCUT2D eigenvalue weighted by molar-refractivity contribution is 7.57. The lowest BCUT2D eigenvalue weighted by molar-refractivity contribution is -0.121. The molecule has 0 spiro atoms. The first-order chi connectivity index (χ1) is 8.80. The van der Waals surface area contributed by atoms with Gasteiger partial charge < -0.3 is 9.84 Å². The Labute approximate surface area is 114 Å². The summed E-state index contributed by atoms with van der Waals surface area (Å²) >= 11 is 0. The van der Waals surface area contributed by atoms with Gasteiger partial charge in [-0.3, -0.25) is 14.4 Å². The van der Waals surface area contributed by atoms with Crippen LogP contribution in [0.5, 0.6) is 5.75 Å². The number of nitrogens with one attached hydrogen (secondary N) is 2. The fourth-order valence-corrected chi connectivity index (χ4v) is 2.74. The first-order valence-electron chi connectivity index (χ1n) is 6.20. The van der Waals surface area contributed by atoms with Gasteiger partial charge in [0.1, 0.15) is 5.75 Å². The summed E-state index contributed by atoms with van der Waals surface area (Å²) in [7, 11) is -3.21. The van der Waals surface area contributed by atoms with Crippen LogP contribution in [0.1, 0.15) is 20.8 Å². The topological polar surface area (TPSA) is 67.4 Å². The summed E-state index contributed by atoms with van der Waals surface area (Å²) < 4.78 is 17.5. The van der Waals surface area contributed by atoms with E-state index in [-0.39, 0.29) is 11.9 Å². The number of carbonyl (C=O) groups is 1. The van der Waals surface area contributed by atoms with Crippen LogP contribution < -0.4 is 14.9 Å². The van der Waals surface area contributed by atoms with Gasteiger partial charge in [0, 0.05) is 12.7 Å². The van der Waals surface area contributed by atoms with Crippen LogP contribution in [0.2, 0.25) is 0 Å². The molecule has 0 aliphatic rings. The third-order valence-electron chi connectivity index (χ3n) is 2.31. The first-order valence-corrected chi connectivity index (χ1v) is 8.27. The maximum absolute atomic E-state index is 12.2. The highest BCUT2D eigenvalue weighted by Crippen LogP contribution is 2.38. The molecule has 6 heteroatoms. The normalized spacial score (nSPS) is 15.6. The van der Waals surface area contributed by atoms with Crippen LogP contribution in [0, 0.1) is 0 Å². The predicted octanol–water partition coefficient (Wildman–Crippen LogP) is 2.39. The van der Waals surface area contributed by atoms with E-state index >= 15 is 0 Å². The van der Waals surface area contributed by atoms with Gasteiger partial charge >= 0.3 is 7.52 Å². The molecule has 1 rings (SSSR count). The molecule has 1 amide bonds. The van der Waals surface area contributed by atoms with Gasteiger partial charge in [-0.15, -0.1) is 0 Å². The van der Waals surface area contributed by atoms with Gasteiger partial charge in [0.2, 0.25) is 5.91 Å². The molecule has 0 bridgehead atoms. The number of rotatable bonds is 6. The van der Waals surface area contributed by atoms with Crippen LogP contribution in [0.4, 0.5) is 0 Å². The molecule has 1 aromatic rings. The molecule has 0 saturated carbocycles. The Morgan fingerprint density at radius 3 is 2.32 bits per heavy atom. The van der Waals surface area contributed by atoms with Crippen LogP contribution >= 0.6 is 7.52 Å². The highest BCUT2D eigenvalue weighted by atomic mass is 31.2. The average Bonchev–Trinajstić information content (AvgIpc) is 2.27. The molecular formula is C13H21N2O3P. The SMILES string of the molecule is CC(C)NC(C)C(=O)N[P@@](C)(=O)Oc1ccccc1. The number of amides is 1. The minimum absolute atomic E-state index is 0.173. The fraction of sp³-hybridized carbons (Fsp3) is 0.462. The van der Waals surface area contributed by atoms with Crippen LogP contribution in [0.3, 0.4) is 0 Å². The van der Waals surface area contributed by atoms with Gasteiger partial charge in [-0.05, 0) is 19.1 Å². The summed E-state index contributed by atoms with van der Waals surface area (Å²) in [4.78, 5) is 11.9. The van der Waals surface area contributed by atoms with Gasteiger partial charge in [0.25, 0.3) is 0 Å². The molecule has 2 N–H and O–H groups in total. The van der Waals surface area contributed by atoms with E-state index in [1.807, 2.05) is 19.9 Å². The minimum Gasteiger partial charge on any atom is -0.429 e. The minimum atomic E-state index is -3.21. The Balaban J connectivity index is 2.59. The lowest BCUT2D eigenvalue weighted by Crippen LogP contribution is -2.44. The van der Waals surface area contributed by atoms with E-state index in [1.165, 1.54) is 6.66 Å². The molecule has 0 heterocycles. The van der Waals surface area contributed by atoms with E-state index in [9.17, 15) is 9.36 Å². The molecule has 0 radical (unpaired) electrons. The Hall–Kier alpha value is -1.32. The Morgan fingerprint density at radius 1 is 1.21 bits per heavy atom. The zero-order valence-electron chi connectivity index (χ0n) is 11.7. The number of para-hydroxylation sites is 1. The second-order valence-corrected chi connectivity index (χ2v) is 6.87. The van der Waals surface area contributed by atoms with Gasteiger partial charge in [-0.1, -0.05) is 32.0 Å². The lowest BCUT2D eigenvalue weighted by Gasteiger charge is -2.20. The van der Waals surface area contributed by atoms with Crippen molar-refractivity contribution in [2.45, 2.75) is 32.9 Å². The predicted molar refractivity (Wildman–Crippen MR) is 76.5 cm³/mol. The molecule has 19 heavy (non-hydrogen) atoms. The quantitative estimate of drug-likeness (QED) is 0.787. The van der Waals surface area contributed by atoms with Gasteiger partial charge in [0.15, 0.2) is 0 Å². The van der Waals surface area contributed by atoms with Crippen LogP contribution in [-0.2, 0) is 9.36 Å². The number of hydrogen-bond acceptors (Lipinski definition) is 4. The number of hydrogen-bond donors (Lipinski definition) is 2. The van der Waals surface area contributed by atoms with Crippen LogP contribution in [0.15, 0.2) is 30.3 Å². The number of benzene rings is 1. The van der Waals surface area contributed by atoms with Gasteiger partial charge in [-0.2, -0.15) is 0 Å². The van der Waals surface area contributed by atoms with E-state index in [4.69, 9.17) is 4.52 Å². The Morgan fingerprint density at radius 2 is 1.79 bits per heavy atom. The largest absolute Gasteiger partial charge is 0.429 e. The lowest BCUT2D eigenvalue weighted by atomic mass is 10.3. The van der Waals surface area contributed by atoms with Crippen molar-refractivity contribution in [2.24, 2.45) is 0 Å². The van der Waals surface area contributed by atoms with Gasteiger partial charge in [-0.25, -0.2) is 0 Å². The first kappa shape index (κ1) is 15.7. The van der Waals surface area contributed by atoms with Crippen molar-refractivity contribution >= 4 is 13.4 Å².